The van der Waals surface area contributed by atoms with E-state index in [1.807, 2.05) is 13.8 Å². The molecule has 1 saturated heterocycles. The molecule has 1 aliphatic rings. The molecule has 8 amide bonds. The van der Waals surface area contributed by atoms with Gasteiger partial charge in [-0.25, -0.2) is 4.79 Å². The van der Waals surface area contributed by atoms with Gasteiger partial charge in [-0.1, -0.05) is 39.8 Å². The SMILES string of the molecule is CC(C)C[C@H](NC(=O)[C@@H]1CCCN1C(=O)[C@H](CS)NC(=O)[C@H](CO)NC(=O)[C@@H](N)CC(C)C)C(=O)N[C@@H](Cc1ccc(O)cc1)C(=O)N[C@@H](CCC(N)=O)C(=O)N[C@@H](CCCN=C(N)N)C(=O)O. The minimum atomic E-state index is -1.52. The molecule has 68 heavy (non-hydrogen) atoms. The third-order valence-electron chi connectivity index (χ3n) is 10.7. The van der Waals surface area contributed by atoms with Crippen molar-refractivity contribution in [3.8, 4) is 5.75 Å². The lowest BCUT2D eigenvalue weighted by molar-refractivity contribution is -0.143. The van der Waals surface area contributed by atoms with Crippen LogP contribution in [-0.2, 0) is 49.6 Å². The Morgan fingerprint density at radius 3 is 1.84 bits per heavy atom. The van der Waals surface area contributed by atoms with Gasteiger partial charge in [0.25, 0.3) is 0 Å². The summed E-state index contributed by atoms with van der Waals surface area (Å²) >= 11 is 4.24. The number of guanidine groups is 1. The molecule has 0 unspecified atom stereocenters. The molecule has 0 radical (unpaired) electrons. The van der Waals surface area contributed by atoms with Gasteiger partial charge >= 0.3 is 5.97 Å². The quantitative estimate of drug-likeness (QED) is 0.0161. The number of aromatic hydroxyl groups is 1. The number of aliphatic imine (C=N–C) groups is 1. The standard InChI is InChI=1S/C43H70N12O12S/c1-22(2)17-26(44)35(59)53-31(20-56)39(63)54-32(21-68)41(65)55-16-6-8-33(55)40(64)52-29(18-23(3)4)37(61)51-30(19-24-9-11-25(57)12-10-24)38(62)49-27(13-14-34(45)58)36(60)50-28(42(66)67)7-5-15-48-43(46)47/h9-12,22-23,26-33,56-57,68H,5-8,13-21,44H2,1-4H3,(H2,45,58)(H,49,62)(H,50,60)(H,51,61)(H,52,64)(H,53,59)(H,54,63)(H,66,67)(H4,46,47,48)/t26-,27-,28-,29-,30-,31-,32-,33-/m0/s1. The summed E-state index contributed by atoms with van der Waals surface area (Å²) < 4.78 is 0. The van der Waals surface area contributed by atoms with Crippen molar-refractivity contribution < 1.29 is 58.5 Å². The molecule has 0 spiro atoms. The number of primary amides is 1. The summed E-state index contributed by atoms with van der Waals surface area (Å²) in [5.41, 5.74) is 22.4. The summed E-state index contributed by atoms with van der Waals surface area (Å²) in [6, 6.07) is -4.80. The number of carboxylic acids is 1. The van der Waals surface area contributed by atoms with Crippen LogP contribution in [0, 0.1) is 11.8 Å². The first kappa shape index (κ1) is 57.9. The number of hydrogen-bond acceptors (Lipinski definition) is 14. The number of aliphatic hydroxyl groups excluding tert-OH is 1. The minimum absolute atomic E-state index is 0.0552. The van der Waals surface area contributed by atoms with Gasteiger partial charge in [-0.05, 0) is 74.5 Å². The number of phenolic OH excluding ortho intramolecular Hbond substituents is 1. The summed E-state index contributed by atoms with van der Waals surface area (Å²) in [7, 11) is 0. The van der Waals surface area contributed by atoms with E-state index in [0.717, 1.165) is 0 Å². The minimum Gasteiger partial charge on any atom is -0.508 e. The maximum atomic E-state index is 14.2. The summed E-state index contributed by atoms with van der Waals surface area (Å²) in [5.74, 6) is -8.53. The lowest BCUT2D eigenvalue weighted by Crippen LogP contribution is -2.60. The second kappa shape index (κ2) is 28.9. The van der Waals surface area contributed by atoms with Crippen molar-refractivity contribution in [1.29, 1.82) is 0 Å². The van der Waals surface area contributed by atoms with Crippen molar-refractivity contribution in [1.82, 2.24) is 36.8 Å². The number of nitrogens with one attached hydrogen (secondary N) is 6. The van der Waals surface area contributed by atoms with Crippen molar-refractivity contribution >= 4 is 71.8 Å². The van der Waals surface area contributed by atoms with Crippen molar-refractivity contribution in [2.75, 3.05) is 25.4 Å². The van der Waals surface area contributed by atoms with Gasteiger partial charge in [-0.15, -0.1) is 0 Å². The molecule has 2 rings (SSSR count). The molecule has 17 N–H and O–H groups in total. The molecule has 1 aliphatic heterocycles. The van der Waals surface area contributed by atoms with Crippen LogP contribution in [0.5, 0.6) is 5.75 Å². The third-order valence-corrected chi connectivity index (χ3v) is 11.1. The first-order valence-corrected chi connectivity index (χ1v) is 23.0. The summed E-state index contributed by atoms with van der Waals surface area (Å²) in [4.78, 5) is 124. The normalized spacial score (nSPS) is 16.5. The number of nitrogens with zero attached hydrogens (tertiary/aromatic N) is 2. The van der Waals surface area contributed by atoms with Crippen molar-refractivity contribution in [2.24, 2.45) is 39.8 Å². The van der Waals surface area contributed by atoms with Crippen molar-refractivity contribution in [3.05, 3.63) is 29.8 Å². The molecule has 25 heteroatoms. The maximum absolute atomic E-state index is 14.2. The average molecular weight is 979 g/mol. The highest BCUT2D eigenvalue weighted by atomic mass is 32.1. The van der Waals surface area contributed by atoms with E-state index < -0.39 is 115 Å². The number of phenols is 1. The first-order valence-electron chi connectivity index (χ1n) is 22.4. The Kier molecular flexibility index (Phi) is 24.6. The molecule has 24 nitrogen and oxygen atoms in total. The Hall–Kier alpha value is -6.21. The van der Waals surface area contributed by atoms with Crippen LogP contribution in [0.1, 0.15) is 84.6 Å². The number of rotatable bonds is 29. The van der Waals surface area contributed by atoms with E-state index in [1.54, 1.807) is 13.8 Å². The van der Waals surface area contributed by atoms with Crippen LogP contribution in [0.4, 0.5) is 0 Å². The first-order chi connectivity index (χ1) is 32.0. The highest BCUT2D eigenvalue weighted by Crippen LogP contribution is 2.20. The predicted octanol–water partition coefficient (Wildman–Crippen LogP) is -3.42. The van der Waals surface area contributed by atoms with Gasteiger partial charge in [0, 0.05) is 31.7 Å². The van der Waals surface area contributed by atoms with Crippen LogP contribution in [-0.4, -0.2) is 153 Å². The number of nitrogens with two attached hydrogens (primary N) is 4. The number of carbonyl (C=O) groups is 9. The molecule has 8 atom stereocenters. The fourth-order valence-electron chi connectivity index (χ4n) is 7.23. The highest BCUT2D eigenvalue weighted by molar-refractivity contribution is 7.80. The van der Waals surface area contributed by atoms with E-state index in [-0.39, 0.29) is 80.9 Å². The van der Waals surface area contributed by atoms with Crippen molar-refractivity contribution in [2.45, 2.75) is 134 Å². The van der Waals surface area contributed by atoms with E-state index >= 15 is 0 Å². The average Bonchev–Trinajstić information content (AvgIpc) is 3.76. The van der Waals surface area contributed by atoms with Gasteiger partial charge in [0.05, 0.1) is 12.6 Å². The Labute approximate surface area is 400 Å². The van der Waals surface area contributed by atoms with Crippen LogP contribution in [0.25, 0.3) is 0 Å². The molecule has 1 aromatic rings. The van der Waals surface area contributed by atoms with E-state index in [4.69, 9.17) is 22.9 Å². The van der Waals surface area contributed by atoms with Gasteiger partial charge in [0.1, 0.15) is 48.0 Å². The number of carboxylic acid groups (broad SMARTS) is 1. The van der Waals surface area contributed by atoms with Gasteiger partial charge in [-0.3, -0.25) is 43.3 Å². The molecular formula is C43H70N12O12S. The lowest BCUT2D eigenvalue weighted by atomic mass is 10.00. The van der Waals surface area contributed by atoms with E-state index in [2.05, 4.69) is 49.5 Å². The Morgan fingerprint density at radius 1 is 0.735 bits per heavy atom. The van der Waals surface area contributed by atoms with Crippen LogP contribution >= 0.6 is 12.6 Å². The van der Waals surface area contributed by atoms with Gasteiger partial charge in [0.15, 0.2) is 5.96 Å². The molecule has 0 aromatic heterocycles. The second-order valence-electron chi connectivity index (χ2n) is 17.5. The second-order valence-corrected chi connectivity index (χ2v) is 17.8. The zero-order valence-corrected chi connectivity index (χ0v) is 39.8. The fraction of sp³-hybridized carbons (Fsp3) is 0.628. The highest BCUT2D eigenvalue weighted by Gasteiger charge is 2.40. The van der Waals surface area contributed by atoms with E-state index in [9.17, 15) is 58.5 Å². The number of likely N-dealkylation sites (tertiary alicyclic amines) is 1. The zero-order valence-electron chi connectivity index (χ0n) is 38.9. The summed E-state index contributed by atoms with van der Waals surface area (Å²) in [5, 5.41) is 44.7. The molecule has 0 aliphatic carbocycles. The summed E-state index contributed by atoms with van der Waals surface area (Å²) in [6.07, 6.45) is 0.0512. The monoisotopic (exact) mass is 978 g/mol. The smallest absolute Gasteiger partial charge is 0.326 e. The van der Waals surface area contributed by atoms with Gasteiger partial charge < -0.3 is 75.1 Å². The van der Waals surface area contributed by atoms with Gasteiger partial charge in [0.2, 0.25) is 47.3 Å². The number of thiol groups is 1. The molecule has 0 bridgehead atoms. The molecule has 1 aromatic carbocycles. The predicted molar refractivity (Wildman–Crippen MR) is 252 cm³/mol. The van der Waals surface area contributed by atoms with Gasteiger partial charge in [-0.2, -0.15) is 12.6 Å². The van der Waals surface area contributed by atoms with E-state index in [1.165, 1.54) is 29.2 Å². The molecule has 380 valence electrons. The number of benzene rings is 1. The Morgan fingerprint density at radius 2 is 1.28 bits per heavy atom. The fourth-order valence-corrected chi connectivity index (χ4v) is 7.48. The number of carbonyl (C=O) groups excluding carboxylic acids is 8. The summed E-state index contributed by atoms with van der Waals surface area (Å²) in [6.45, 7) is 6.66. The topological polar surface area (TPSA) is 406 Å². The maximum Gasteiger partial charge on any atom is 0.326 e. The number of amides is 8. The zero-order chi connectivity index (χ0) is 51.2. The van der Waals surface area contributed by atoms with Crippen LogP contribution in [0.2, 0.25) is 0 Å². The number of aliphatic carboxylic acids is 1. The molecule has 1 fully saturated rings. The van der Waals surface area contributed by atoms with Crippen molar-refractivity contribution in [3.63, 3.8) is 0 Å². The Balaban J connectivity index is 2.35. The lowest BCUT2D eigenvalue weighted by Gasteiger charge is -2.31. The Bertz CT molecular complexity index is 1930. The molecule has 1 heterocycles. The molecule has 0 saturated carbocycles. The molecular weight excluding hydrogens is 909 g/mol. The van der Waals surface area contributed by atoms with Crippen LogP contribution in [0.15, 0.2) is 29.3 Å². The third kappa shape index (κ3) is 19.9. The number of hydrogen-bond donors (Lipinski definition) is 14. The van der Waals surface area contributed by atoms with Crippen LogP contribution < -0.4 is 54.8 Å². The van der Waals surface area contributed by atoms with Crippen LogP contribution in [0.3, 0.4) is 0 Å². The largest absolute Gasteiger partial charge is 0.508 e. The van der Waals surface area contributed by atoms with E-state index in [0.29, 0.717) is 18.4 Å². The number of aliphatic hydroxyl groups is 1.